The van der Waals surface area contributed by atoms with E-state index in [9.17, 15) is 4.79 Å². The Labute approximate surface area is 146 Å². The first-order chi connectivity index (χ1) is 11.5. The van der Waals surface area contributed by atoms with E-state index in [-0.39, 0.29) is 5.43 Å². The molecule has 0 aromatic carbocycles. The third-order valence-electron chi connectivity index (χ3n) is 5.79. The Morgan fingerprint density at radius 2 is 2.00 bits per heavy atom. The van der Waals surface area contributed by atoms with Crippen molar-refractivity contribution in [3.63, 3.8) is 0 Å². The van der Waals surface area contributed by atoms with Gasteiger partial charge in [-0.3, -0.25) is 14.6 Å². The Balaban J connectivity index is 1.72. The van der Waals surface area contributed by atoms with Crippen LogP contribution in [0.1, 0.15) is 49.9 Å². The summed E-state index contributed by atoms with van der Waals surface area (Å²) in [7, 11) is 0. The largest absolute Gasteiger partial charge is 0.363 e. The molecule has 4 nitrogen and oxygen atoms in total. The predicted octanol–water partition coefficient (Wildman–Crippen LogP) is 2.93. The number of aromatic nitrogens is 1. The van der Waals surface area contributed by atoms with Crippen LogP contribution in [0.15, 0.2) is 11.0 Å². The minimum atomic E-state index is 0.189. The van der Waals surface area contributed by atoms with E-state index in [1.54, 1.807) is 0 Å². The Bertz CT molecular complexity index is 618. The van der Waals surface area contributed by atoms with Gasteiger partial charge in [0.15, 0.2) is 5.43 Å². The first-order valence-corrected chi connectivity index (χ1v) is 9.60. The summed E-state index contributed by atoms with van der Waals surface area (Å²) in [5, 5.41) is 0. The van der Waals surface area contributed by atoms with Crippen LogP contribution in [0.3, 0.4) is 0 Å². The zero-order valence-corrected chi connectivity index (χ0v) is 15.8. The third kappa shape index (κ3) is 4.09. The molecular formula is C20H33N3O. The molecule has 0 unspecified atom stereocenters. The lowest BCUT2D eigenvalue weighted by Gasteiger charge is -2.34. The van der Waals surface area contributed by atoms with Crippen molar-refractivity contribution in [2.45, 2.75) is 59.5 Å². The van der Waals surface area contributed by atoms with Gasteiger partial charge in [-0.15, -0.1) is 0 Å². The number of H-pyrrole nitrogens is 1. The molecule has 2 fully saturated rings. The van der Waals surface area contributed by atoms with Crippen LogP contribution in [-0.2, 0) is 6.54 Å². The Hall–Kier alpha value is -1.13. The fraction of sp³-hybridized carbons (Fsp3) is 0.750. The van der Waals surface area contributed by atoms with E-state index < -0.39 is 0 Å². The van der Waals surface area contributed by atoms with Crippen LogP contribution >= 0.6 is 0 Å². The number of nitrogens with one attached hydrogen (secondary N) is 1. The van der Waals surface area contributed by atoms with Gasteiger partial charge >= 0.3 is 0 Å². The molecule has 134 valence electrons. The minimum absolute atomic E-state index is 0.189. The standard InChI is InChI=1S/C20H33N3O/c1-14(2)19-13-22(8-5-9-23(19)11-17-6-7-17)12-18-16(4)20(24)15(3)10-21-18/h10,14,17,19H,5-9,11-13H2,1-4H3,(H,21,24)/t19-/m1/s1. The predicted molar refractivity (Wildman–Crippen MR) is 99.4 cm³/mol. The minimum Gasteiger partial charge on any atom is -0.363 e. The van der Waals surface area contributed by atoms with Crippen molar-refractivity contribution in [3.8, 4) is 0 Å². The van der Waals surface area contributed by atoms with E-state index in [1.807, 2.05) is 20.0 Å². The molecule has 0 bridgehead atoms. The van der Waals surface area contributed by atoms with E-state index in [4.69, 9.17) is 0 Å². The summed E-state index contributed by atoms with van der Waals surface area (Å²) in [4.78, 5) is 20.9. The van der Waals surface area contributed by atoms with Gasteiger partial charge in [-0.05, 0) is 58.0 Å². The Morgan fingerprint density at radius 3 is 2.67 bits per heavy atom. The summed E-state index contributed by atoms with van der Waals surface area (Å²) in [5.74, 6) is 1.62. The molecule has 2 heterocycles. The molecule has 1 aromatic heterocycles. The lowest BCUT2D eigenvalue weighted by molar-refractivity contribution is 0.131. The fourth-order valence-corrected chi connectivity index (χ4v) is 3.96. The molecule has 2 aliphatic rings. The molecule has 24 heavy (non-hydrogen) atoms. The number of hydrogen-bond donors (Lipinski definition) is 1. The second-order valence-electron chi connectivity index (χ2n) is 8.24. The molecule has 1 aromatic rings. The third-order valence-corrected chi connectivity index (χ3v) is 5.79. The lowest BCUT2D eigenvalue weighted by atomic mass is 10.0. The zero-order valence-electron chi connectivity index (χ0n) is 15.8. The van der Waals surface area contributed by atoms with Crippen LogP contribution in [0.4, 0.5) is 0 Å². The van der Waals surface area contributed by atoms with Gasteiger partial charge in [-0.2, -0.15) is 0 Å². The summed E-state index contributed by atoms with van der Waals surface area (Å²) in [5.41, 5.74) is 2.97. The van der Waals surface area contributed by atoms with Gasteiger partial charge in [-0.25, -0.2) is 0 Å². The van der Waals surface area contributed by atoms with Gasteiger partial charge in [0.05, 0.1) is 0 Å². The number of hydrogen-bond acceptors (Lipinski definition) is 3. The van der Waals surface area contributed by atoms with Crippen molar-refractivity contribution in [1.82, 2.24) is 14.8 Å². The molecule has 4 heteroatoms. The highest BCUT2D eigenvalue weighted by Crippen LogP contribution is 2.32. The SMILES string of the molecule is Cc1c[nH]c(CN2CCCN(CC3CC3)[C@@H](C(C)C)C2)c(C)c1=O. The van der Waals surface area contributed by atoms with Crippen molar-refractivity contribution in [2.24, 2.45) is 11.8 Å². The molecule has 0 spiro atoms. The zero-order chi connectivity index (χ0) is 17.3. The van der Waals surface area contributed by atoms with Crippen molar-refractivity contribution in [2.75, 3.05) is 26.2 Å². The highest BCUT2D eigenvalue weighted by Gasteiger charge is 2.32. The average Bonchev–Trinajstić information content (AvgIpc) is 3.36. The molecule has 1 N–H and O–H groups in total. The van der Waals surface area contributed by atoms with Crippen LogP contribution in [0, 0.1) is 25.7 Å². The Kier molecular flexibility index (Phi) is 5.46. The summed E-state index contributed by atoms with van der Waals surface area (Å²) in [6, 6.07) is 0.630. The smallest absolute Gasteiger partial charge is 0.187 e. The summed E-state index contributed by atoms with van der Waals surface area (Å²) >= 11 is 0. The Morgan fingerprint density at radius 1 is 1.25 bits per heavy atom. The molecule has 1 saturated carbocycles. The maximum atomic E-state index is 12.2. The van der Waals surface area contributed by atoms with Gasteiger partial charge in [0.25, 0.3) is 0 Å². The van der Waals surface area contributed by atoms with E-state index in [0.717, 1.165) is 42.4 Å². The first-order valence-electron chi connectivity index (χ1n) is 9.60. The van der Waals surface area contributed by atoms with Crippen molar-refractivity contribution >= 4 is 0 Å². The highest BCUT2D eigenvalue weighted by atomic mass is 16.1. The van der Waals surface area contributed by atoms with Gasteiger partial charge in [-0.1, -0.05) is 13.8 Å². The first kappa shape index (κ1) is 17.7. The number of pyridine rings is 1. The van der Waals surface area contributed by atoms with E-state index >= 15 is 0 Å². The number of aromatic amines is 1. The molecule has 1 aliphatic carbocycles. The topological polar surface area (TPSA) is 39.3 Å². The molecule has 3 rings (SSSR count). The fourth-order valence-electron chi connectivity index (χ4n) is 3.96. The molecule has 0 amide bonds. The summed E-state index contributed by atoms with van der Waals surface area (Å²) in [6.45, 7) is 14.2. The van der Waals surface area contributed by atoms with Gasteiger partial charge in [0, 0.05) is 48.7 Å². The number of rotatable bonds is 5. The van der Waals surface area contributed by atoms with Gasteiger partial charge < -0.3 is 4.98 Å². The van der Waals surface area contributed by atoms with Crippen LogP contribution in [-0.4, -0.2) is 47.0 Å². The van der Waals surface area contributed by atoms with Crippen LogP contribution in [0.2, 0.25) is 0 Å². The maximum absolute atomic E-state index is 12.2. The summed E-state index contributed by atoms with van der Waals surface area (Å²) < 4.78 is 0. The van der Waals surface area contributed by atoms with Crippen LogP contribution < -0.4 is 5.43 Å². The number of aryl methyl sites for hydroxylation is 1. The van der Waals surface area contributed by atoms with Crippen molar-refractivity contribution in [3.05, 3.63) is 33.2 Å². The second-order valence-corrected chi connectivity index (χ2v) is 8.24. The van der Waals surface area contributed by atoms with Crippen LogP contribution in [0.5, 0.6) is 0 Å². The monoisotopic (exact) mass is 331 g/mol. The number of nitrogens with zero attached hydrogens (tertiary/aromatic N) is 2. The average molecular weight is 332 g/mol. The van der Waals surface area contributed by atoms with E-state index in [1.165, 1.54) is 32.4 Å². The van der Waals surface area contributed by atoms with Gasteiger partial charge in [0.1, 0.15) is 0 Å². The molecule has 0 radical (unpaired) electrons. The van der Waals surface area contributed by atoms with E-state index in [0.29, 0.717) is 12.0 Å². The molecule has 1 aliphatic heterocycles. The molecule has 1 atom stereocenters. The maximum Gasteiger partial charge on any atom is 0.187 e. The molecule has 1 saturated heterocycles. The van der Waals surface area contributed by atoms with Crippen molar-refractivity contribution in [1.29, 1.82) is 0 Å². The van der Waals surface area contributed by atoms with E-state index in [2.05, 4.69) is 28.6 Å². The van der Waals surface area contributed by atoms with Crippen LogP contribution in [0.25, 0.3) is 0 Å². The summed E-state index contributed by atoms with van der Waals surface area (Å²) in [6.07, 6.45) is 5.94. The molecular weight excluding hydrogens is 298 g/mol. The lowest BCUT2D eigenvalue weighted by Crippen LogP contribution is -2.45. The normalized spacial score (nSPS) is 23.6. The second kappa shape index (κ2) is 7.40. The highest BCUT2D eigenvalue weighted by molar-refractivity contribution is 5.23. The van der Waals surface area contributed by atoms with Gasteiger partial charge in [0.2, 0.25) is 0 Å². The quantitative estimate of drug-likeness (QED) is 0.902. The van der Waals surface area contributed by atoms with Crippen molar-refractivity contribution < 1.29 is 0 Å².